The van der Waals surface area contributed by atoms with Crippen LogP contribution in [-0.4, -0.2) is 50.6 Å². The first kappa shape index (κ1) is 18.4. The van der Waals surface area contributed by atoms with Crippen LogP contribution in [0, 0.1) is 0 Å². The summed E-state index contributed by atoms with van der Waals surface area (Å²) in [6.07, 6.45) is 2.24. The van der Waals surface area contributed by atoms with E-state index in [0.29, 0.717) is 23.2 Å². The summed E-state index contributed by atoms with van der Waals surface area (Å²) in [6.45, 7) is 6.85. The predicted molar refractivity (Wildman–Crippen MR) is 109 cm³/mol. The van der Waals surface area contributed by atoms with Crippen LogP contribution in [0.2, 0.25) is 5.02 Å². The highest BCUT2D eigenvalue weighted by atomic mass is 35.5. The van der Waals surface area contributed by atoms with Gasteiger partial charge in [-0.1, -0.05) is 17.7 Å². The van der Waals surface area contributed by atoms with E-state index in [-0.39, 0.29) is 17.5 Å². The minimum Gasteiger partial charge on any atom is -0.366 e. The molecule has 8 nitrogen and oxygen atoms in total. The Labute approximate surface area is 174 Å². The minimum atomic E-state index is -0.394. The Balaban J connectivity index is 1.63. The molecule has 0 spiro atoms. The van der Waals surface area contributed by atoms with Gasteiger partial charge in [0, 0.05) is 19.1 Å². The summed E-state index contributed by atoms with van der Waals surface area (Å²) < 4.78 is 1.98. The number of benzene rings is 1. The summed E-state index contributed by atoms with van der Waals surface area (Å²) in [4.78, 5) is 30.2. The van der Waals surface area contributed by atoms with Crippen LogP contribution in [0.5, 0.6) is 0 Å². The van der Waals surface area contributed by atoms with Gasteiger partial charge in [-0.3, -0.25) is 9.36 Å². The number of nitrogens with zero attached hydrogens (tertiary/aromatic N) is 5. The van der Waals surface area contributed by atoms with Crippen molar-refractivity contribution in [3.63, 3.8) is 0 Å². The van der Waals surface area contributed by atoms with E-state index >= 15 is 0 Å². The number of hydroxylamine groups is 2. The van der Waals surface area contributed by atoms with Crippen molar-refractivity contribution < 1.29 is 9.63 Å². The molecule has 0 saturated carbocycles. The van der Waals surface area contributed by atoms with Gasteiger partial charge in [-0.2, -0.15) is 0 Å². The first-order chi connectivity index (χ1) is 13.7. The largest absolute Gasteiger partial charge is 0.366 e. The summed E-state index contributed by atoms with van der Waals surface area (Å²) in [6, 6.07) is 5.93. The molecule has 4 heterocycles. The zero-order valence-electron chi connectivity index (χ0n) is 16.8. The van der Waals surface area contributed by atoms with Crippen LogP contribution >= 0.6 is 11.6 Å². The van der Waals surface area contributed by atoms with Crippen LogP contribution in [0.3, 0.4) is 0 Å². The van der Waals surface area contributed by atoms with Crippen molar-refractivity contribution in [2.75, 3.05) is 13.6 Å². The Morgan fingerprint density at radius 3 is 2.79 bits per heavy atom. The number of hydrogen-bond acceptors (Lipinski definition) is 6. The molecule has 0 aliphatic carbocycles. The average molecular weight is 415 g/mol. The van der Waals surface area contributed by atoms with E-state index in [4.69, 9.17) is 26.4 Å². The van der Waals surface area contributed by atoms with Gasteiger partial charge in [0.05, 0.1) is 34.3 Å². The SMILES string of the molecule is CN1OC(NC(C)(C)C)=NC1c1ncn2c1[C@@H]1CCN1C(=O)c1c(Cl)cccc1-2. The highest BCUT2D eigenvalue weighted by molar-refractivity contribution is 6.34. The quantitative estimate of drug-likeness (QED) is 0.776. The van der Waals surface area contributed by atoms with Gasteiger partial charge in [0.15, 0.2) is 6.17 Å². The number of aliphatic imine (C=N–C) groups is 1. The number of imidazole rings is 1. The molecule has 152 valence electrons. The highest BCUT2D eigenvalue weighted by Gasteiger charge is 2.44. The fraction of sp³-hybridized carbons (Fsp3) is 0.450. The maximum absolute atomic E-state index is 13.1. The molecule has 3 aliphatic heterocycles. The van der Waals surface area contributed by atoms with E-state index in [1.807, 2.05) is 49.4 Å². The van der Waals surface area contributed by atoms with Gasteiger partial charge in [-0.15, -0.1) is 5.06 Å². The number of amidine groups is 1. The maximum Gasteiger partial charge on any atom is 0.307 e. The van der Waals surface area contributed by atoms with Crippen molar-refractivity contribution in [1.29, 1.82) is 0 Å². The molecule has 0 radical (unpaired) electrons. The molecule has 1 unspecified atom stereocenters. The number of carbonyl (C=O) groups is 1. The Bertz CT molecular complexity index is 1040. The number of amides is 1. The van der Waals surface area contributed by atoms with Crippen LogP contribution in [0.1, 0.15) is 61.1 Å². The molecule has 5 rings (SSSR count). The molecule has 0 bridgehead atoms. The molecule has 1 amide bonds. The number of aromatic nitrogens is 2. The van der Waals surface area contributed by atoms with Crippen LogP contribution in [0.4, 0.5) is 0 Å². The zero-order valence-corrected chi connectivity index (χ0v) is 17.6. The van der Waals surface area contributed by atoms with Crippen molar-refractivity contribution in [3.05, 3.63) is 46.5 Å². The number of fused-ring (bicyclic) bond motifs is 5. The highest BCUT2D eigenvalue weighted by Crippen LogP contribution is 2.44. The van der Waals surface area contributed by atoms with Gasteiger partial charge < -0.3 is 15.1 Å². The molecule has 2 atom stereocenters. The van der Waals surface area contributed by atoms with Gasteiger partial charge in [0.1, 0.15) is 5.69 Å². The number of nitrogens with one attached hydrogen (secondary N) is 1. The van der Waals surface area contributed by atoms with Crippen molar-refractivity contribution >= 4 is 23.5 Å². The summed E-state index contributed by atoms with van der Waals surface area (Å²) in [5.74, 6) is -0.0360. The molecule has 1 aromatic heterocycles. The Morgan fingerprint density at radius 2 is 2.10 bits per heavy atom. The van der Waals surface area contributed by atoms with Gasteiger partial charge in [-0.05, 0) is 39.3 Å². The maximum atomic E-state index is 13.1. The van der Waals surface area contributed by atoms with Gasteiger partial charge in [0.2, 0.25) is 0 Å². The second-order valence-electron chi connectivity index (χ2n) is 8.64. The summed E-state index contributed by atoms with van der Waals surface area (Å²) in [5, 5.41) is 5.41. The molecule has 1 aromatic carbocycles. The molecule has 1 N–H and O–H groups in total. The van der Waals surface area contributed by atoms with Crippen molar-refractivity contribution in [2.24, 2.45) is 4.99 Å². The predicted octanol–water partition coefficient (Wildman–Crippen LogP) is 3.05. The van der Waals surface area contributed by atoms with E-state index in [2.05, 4.69) is 5.32 Å². The van der Waals surface area contributed by atoms with Crippen molar-refractivity contribution in [2.45, 2.75) is 44.9 Å². The molecule has 9 heteroatoms. The van der Waals surface area contributed by atoms with E-state index in [9.17, 15) is 4.79 Å². The normalized spacial score (nSPS) is 23.4. The molecule has 1 fully saturated rings. The smallest absolute Gasteiger partial charge is 0.307 e. The van der Waals surface area contributed by atoms with E-state index < -0.39 is 6.17 Å². The third-order valence-corrected chi connectivity index (χ3v) is 5.75. The van der Waals surface area contributed by atoms with E-state index in [0.717, 1.165) is 23.5 Å². The van der Waals surface area contributed by atoms with Gasteiger partial charge in [0.25, 0.3) is 5.91 Å². The number of rotatable bonds is 1. The zero-order chi connectivity index (χ0) is 20.5. The number of halogens is 1. The molecule has 29 heavy (non-hydrogen) atoms. The number of carbonyl (C=O) groups excluding carboxylic acids is 1. The molecule has 3 aliphatic rings. The lowest BCUT2D eigenvalue weighted by atomic mass is 9.97. The third kappa shape index (κ3) is 2.81. The first-order valence-electron chi connectivity index (χ1n) is 9.68. The summed E-state index contributed by atoms with van der Waals surface area (Å²) >= 11 is 6.41. The van der Waals surface area contributed by atoms with Crippen LogP contribution in [0.25, 0.3) is 5.69 Å². The summed E-state index contributed by atoms with van der Waals surface area (Å²) in [7, 11) is 1.84. The van der Waals surface area contributed by atoms with E-state index in [1.54, 1.807) is 17.5 Å². The topological polar surface area (TPSA) is 75.0 Å². The standard InChI is InChI=1S/C20H23ClN6O2/c1-20(2,3)24-19-23-17(25(4)29-19)15-16-13-8-9-26(13)18(28)14-11(21)6-5-7-12(14)27(16)10-22-15/h5-7,10,13,17H,8-9H2,1-4H3,(H,23,24)/t13-,17?/m0/s1. The second kappa shape index (κ2) is 6.21. The van der Waals surface area contributed by atoms with Gasteiger partial charge >= 0.3 is 6.02 Å². The monoisotopic (exact) mass is 414 g/mol. The first-order valence-corrected chi connectivity index (χ1v) is 10.1. The Kier molecular flexibility index (Phi) is 3.95. The fourth-order valence-electron chi connectivity index (χ4n) is 4.09. The van der Waals surface area contributed by atoms with Crippen molar-refractivity contribution in [1.82, 2.24) is 24.8 Å². The molecule has 1 saturated heterocycles. The lowest BCUT2D eigenvalue weighted by molar-refractivity contribution is -0.0639. The number of hydrogen-bond donors (Lipinski definition) is 1. The van der Waals surface area contributed by atoms with Crippen LogP contribution in [-0.2, 0) is 4.84 Å². The van der Waals surface area contributed by atoms with E-state index in [1.165, 1.54) is 0 Å². The lowest BCUT2D eigenvalue weighted by Crippen LogP contribution is -2.45. The molecular formula is C20H23ClN6O2. The Morgan fingerprint density at radius 1 is 1.31 bits per heavy atom. The molecule has 2 aromatic rings. The minimum absolute atomic E-state index is 0.0360. The van der Waals surface area contributed by atoms with Crippen LogP contribution < -0.4 is 5.32 Å². The van der Waals surface area contributed by atoms with Crippen LogP contribution in [0.15, 0.2) is 29.5 Å². The fourth-order valence-corrected chi connectivity index (χ4v) is 4.34. The summed E-state index contributed by atoms with van der Waals surface area (Å²) in [5.41, 5.74) is 2.85. The van der Waals surface area contributed by atoms with Crippen molar-refractivity contribution in [3.8, 4) is 5.69 Å². The second-order valence-corrected chi connectivity index (χ2v) is 9.05. The van der Waals surface area contributed by atoms with Gasteiger partial charge in [-0.25, -0.2) is 9.98 Å². The lowest BCUT2D eigenvalue weighted by Gasteiger charge is -2.40. The average Bonchev–Trinajstić information content (AvgIpc) is 3.13. The molecular weight excluding hydrogens is 392 g/mol. The Hall–Kier alpha value is -2.58. The third-order valence-electron chi connectivity index (χ3n) is 5.44.